The fourth-order valence-electron chi connectivity index (χ4n) is 0.687. The van der Waals surface area contributed by atoms with Crippen LogP contribution in [0.5, 0.6) is 0 Å². The molecule has 0 saturated carbocycles. The molecule has 2 N–H and O–H groups in total. The van der Waals surface area contributed by atoms with Gasteiger partial charge in [-0.05, 0) is 6.92 Å². The molecular weight excluding hydrogens is 128 g/mol. The van der Waals surface area contributed by atoms with Gasteiger partial charge in [-0.3, -0.25) is 4.68 Å². The van der Waals surface area contributed by atoms with Gasteiger partial charge in [0.1, 0.15) is 6.54 Å². The zero-order valence-electron chi connectivity index (χ0n) is 5.70. The molecule has 0 spiro atoms. The number of nitrogen functional groups attached to an aromatic ring is 1. The van der Waals surface area contributed by atoms with Gasteiger partial charge in [-0.2, -0.15) is 10.4 Å². The second kappa shape index (κ2) is 2.40. The molecule has 0 unspecified atom stereocenters. The Bertz CT molecular complexity index is 268. The molecule has 0 aliphatic heterocycles. The summed E-state index contributed by atoms with van der Waals surface area (Å²) in [6.07, 6.45) is 1.55. The summed E-state index contributed by atoms with van der Waals surface area (Å²) in [5.41, 5.74) is 6.96. The highest BCUT2D eigenvalue weighted by Crippen LogP contribution is 2.06. The molecule has 0 bridgehead atoms. The van der Waals surface area contributed by atoms with Gasteiger partial charge in [-0.1, -0.05) is 0 Å². The van der Waals surface area contributed by atoms with Crippen molar-refractivity contribution in [1.29, 1.82) is 5.26 Å². The predicted octanol–water partition coefficient (Wildman–Crippen LogP) is 0.297. The van der Waals surface area contributed by atoms with Crippen molar-refractivity contribution in [2.45, 2.75) is 13.5 Å². The van der Waals surface area contributed by atoms with Crippen molar-refractivity contribution < 1.29 is 0 Å². The van der Waals surface area contributed by atoms with E-state index in [2.05, 4.69) is 5.10 Å². The molecule has 1 rings (SSSR count). The lowest BCUT2D eigenvalue weighted by Crippen LogP contribution is -2.00. The normalized spacial score (nSPS) is 9.20. The van der Waals surface area contributed by atoms with E-state index in [-0.39, 0.29) is 6.54 Å². The molecule has 4 nitrogen and oxygen atoms in total. The molecule has 4 heteroatoms. The van der Waals surface area contributed by atoms with Crippen molar-refractivity contribution in [3.05, 3.63) is 11.9 Å². The van der Waals surface area contributed by atoms with Crippen LogP contribution in [0.4, 0.5) is 5.69 Å². The second-order valence-corrected chi connectivity index (χ2v) is 2.00. The Labute approximate surface area is 58.9 Å². The minimum atomic E-state index is 0.267. The van der Waals surface area contributed by atoms with Crippen LogP contribution in [0.25, 0.3) is 0 Å². The highest BCUT2D eigenvalue weighted by Gasteiger charge is 1.99. The Hall–Kier alpha value is -1.50. The molecule has 0 atom stereocenters. The fraction of sp³-hybridized carbons (Fsp3) is 0.333. The lowest BCUT2D eigenvalue weighted by molar-refractivity contribution is 0.687. The minimum Gasteiger partial charge on any atom is -0.396 e. The van der Waals surface area contributed by atoms with Crippen LogP contribution in [0.2, 0.25) is 0 Å². The van der Waals surface area contributed by atoms with Gasteiger partial charge in [-0.15, -0.1) is 0 Å². The topological polar surface area (TPSA) is 67.6 Å². The van der Waals surface area contributed by atoms with E-state index in [1.54, 1.807) is 10.9 Å². The fourth-order valence-corrected chi connectivity index (χ4v) is 0.687. The van der Waals surface area contributed by atoms with Gasteiger partial charge in [0.15, 0.2) is 0 Å². The molecule has 1 aromatic heterocycles. The highest BCUT2D eigenvalue weighted by atomic mass is 15.3. The smallest absolute Gasteiger partial charge is 0.128 e. The van der Waals surface area contributed by atoms with Gasteiger partial charge in [0.2, 0.25) is 0 Å². The van der Waals surface area contributed by atoms with Gasteiger partial charge in [-0.25, -0.2) is 0 Å². The monoisotopic (exact) mass is 136 g/mol. The van der Waals surface area contributed by atoms with Crippen molar-refractivity contribution in [2.24, 2.45) is 0 Å². The van der Waals surface area contributed by atoms with Crippen molar-refractivity contribution in [3.63, 3.8) is 0 Å². The molecule has 0 aromatic carbocycles. The third kappa shape index (κ3) is 0.935. The molecule has 10 heavy (non-hydrogen) atoms. The minimum absolute atomic E-state index is 0.267. The van der Waals surface area contributed by atoms with E-state index in [4.69, 9.17) is 11.0 Å². The van der Waals surface area contributed by atoms with E-state index in [1.165, 1.54) is 0 Å². The Morgan fingerprint density at radius 1 is 1.90 bits per heavy atom. The standard InChI is InChI=1S/C6H8N4/c1-5-6(8)4-9-10(5)3-2-7/h4H,3,8H2,1H3. The second-order valence-electron chi connectivity index (χ2n) is 2.00. The van der Waals surface area contributed by atoms with Gasteiger partial charge < -0.3 is 5.73 Å². The van der Waals surface area contributed by atoms with Crippen LogP contribution in [-0.2, 0) is 6.54 Å². The summed E-state index contributed by atoms with van der Waals surface area (Å²) in [5.74, 6) is 0. The van der Waals surface area contributed by atoms with Gasteiger partial charge in [0.05, 0.1) is 23.6 Å². The Balaban J connectivity index is 2.96. The first-order valence-electron chi connectivity index (χ1n) is 2.90. The molecule has 0 fully saturated rings. The summed E-state index contributed by atoms with van der Waals surface area (Å²) in [6, 6.07) is 1.98. The molecule has 0 saturated heterocycles. The number of nitrogens with two attached hydrogens (primary N) is 1. The number of nitriles is 1. The Kier molecular flexibility index (Phi) is 1.59. The van der Waals surface area contributed by atoms with E-state index in [1.807, 2.05) is 13.0 Å². The molecule has 52 valence electrons. The Morgan fingerprint density at radius 2 is 2.60 bits per heavy atom. The summed E-state index contributed by atoms with van der Waals surface area (Å²) >= 11 is 0. The number of nitrogens with zero attached hydrogens (tertiary/aromatic N) is 3. The summed E-state index contributed by atoms with van der Waals surface area (Å²) < 4.78 is 1.56. The maximum atomic E-state index is 8.30. The van der Waals surface area contributed by atoms with Crippen LogP contribution in [-0.4, -0.2) is 9.78 Å². The van der Waals surface area contributed by atoms with Gasteiger partial charge in [0.25, 0.3) is 0 Å². The van der Waals surface area contributed by atoms with Crippen molar-refractivity contribution in [3.8, 4) is 6.07 Å². The maximum absolute atomic E-state index is 8.30. The summed E-state index contributed by atoms with van der Waals surface area (Å²) in [6.45, 7) is 2.10. The van der Waals surface area contributed by atoms with Gasteiger partial charge in [0, 0.05) is 0 Å². The zero-order valence-corrected chi connectivity index (χ0v) is 5.70. The lowest BCUT2D eigenvalue weighted by atomic mass is 10.4. The number of anilines is 1. The SMILES string of the molecule is Cc1c(N)cnn1CC#N. The van der Waals surface area contributed by atoms with Crippen molar-refractivity contribution in [1.82, 2.24) is 9.78 Å². The largest absolute Gasteiger partial charge is 0.396 e. The third-order valence-electron chi connectivity index (χ3n) is 1.36. The highest BCUT2D eigenvalue weighted by molar-refractivity contribution is 5.39. The van der Waals surface area contributed by atoms with E-state index in [0.29, 0.717) is 5.69 Å². The van der Waals surface area contributed by atoms with Crippen LogP contribution >= 0.6 is 0 Å². The van der Waals surface area contributed by atoms with Crippen LogP contribution in [0, 0.1) is 18.3 Å². The predicted molar refractivity (Wildman–Crippen MR) is 37.0 cm³/mol. The average molecular weight is 136 g/mol. The summed E-state index contributed by atoms with van der Waals surface area (Å²) in [7, 11) is 0. The molecule has 0 aliphatic carbocycles. The molecule has 1 aromatic rings. The number of hydrogen-bond donors (Lipinski definition) is 1. The zero-order chi connectivity index (χ0) is 7.56. The summed E-state index contributed by atoms with van der Waals surface area (Å²) in [5, 5.41) is 12.2. The third-order valence-corrected chi connectivity index (χ3v) is 1.36. The van der Waals surface area contributed by atoms with Crippen LogP contribution < -0.4 is 5.73 Å². The first kappa shape index (κ1) is 6.62. The Morgan fingerprint density at radius 3 is 3.00 bits per heavy atom. The van der Waals surface area contributed by atoms with Crippen molar-refractivity contribution in [2.75, 3.05) is 5.73 Å². The van der Waals surface area contributed by atoms with Crippen LogP contribution in [0.1, 0.15) is 5.69 Å². The first-order chi connectivity index (χ1) is 4.75. The molecule has 0 radical (unpaired) electrons. The first-order valence-corrected chi connectivity index (χ1v) is 2.90. The van der Waals surface area contributed by atoms with E-state index < -0.39 is 0 Å². The maximum Gasteiger partial charge on any atom is 0.128 e. The average Bonchev–Trinajstić information content (AvgIpc) is 2.20. The molecule has 0 aliphatic rings. The van der Waals surface area contributed by atoms with Crippen LogP contribution in [0.3, 0.4) is 0 Å². The number of rotatable bonds is 1. The molecule has 1 heterocycles. The van der Waals surface area contributed by atoms with Gasteiger partial charge >= 0.3 is 0 Å². The number of aromatic nitrogens is 2. The molecular formula is C6H8N4. The van der Waals surface area contributed by atoms with E-state index in [9.17, 15) is 0 Å². The van der Waals surface area contributed by atoms with Crippen LogP contribution in [0.15, 0.2) is 6.20 Å². The lowest BCUT2D eigenvalue weighted by Gasteiger charge is -1.95. The van der Waals surface area contributed by atoms with E-state index in [0.717, 1.165) is 5.69 Å². The van der Waals surface area contributed by atoms with E-state index >= 15 is 0 Å². The quantitative estimate of drug-likeness (QED) is 0.603. The van der Waals surface area contributed by atoms with Crippen molar-refractivity contribution >= 4 is 5.69 Å². The summed E-state index contributed by atoms with van der Waals surface area (Å²) in [4.78, 5) is 0. The number of hydrogen-bond acceptors (Lipinski definition) is 3. The molecule has 0 amide bonds.